The first-order valence-electron chi connectivity index (χ1n) is 5.18. The fraction of sp³-hybridized carbons (Fsp3) is 0.455. The van der Waals surface area contributed by atoms with E-state index in [4.69, 9.17) is 14.5 Å². The van der Waals surface area contributed by atoms with E-state index in [2.05, 4.69) is 0 Å². The van der Waals surface area contributed by atoms with E-state index in [9.17, 15) is 10.1 Å². The van der Waals surface area contributed by atoms with Gasteiger partial charge in [0.25, 0.3) is 5.69 Å². The zero-order valence-electron chi connectivity index (χ0n) is 9.58. The lowest BCUT2D eigenvalue weighted by Gasteiger charge is -2.33. The van der Waals surface area contributed by atoms with Gasteiger partial charge in [0, 0.05) is 17.7 Å². The van der Waals surface area contributed by atoms with Crippen molar-refractivity contribution in [1.82, 2.24) is 0 Å². The summed E-state index contributed by atoms with van der Waals surface area (Å²) in [7, 11) is 0. The minimum Gasteiger partial charge on any atom is -0.343 e. The summed E-state index contributed by atoms with van der Waals surface area (Å²) < 4.78 is 5.46. The average molecular weight is 239 g/mol. The lowest BCUT2D eigenvalue weighted by molar-refractivity contribution is -0.469. The molecule has 0 radical (unpaired) electrons. The van der Waals surface area contributed by atoms with E-state index < -0.39 is 16.8 Å². The molecular formula is C11H13NO5. The van der Waals surface area contributed by atoms with E-state index >= 15 is 0 Å². The van der Waals surface area contributed by atoms with Crippen LogP contribution in [0.5, 0.6) is 0 Å². The van der Waals surface area contributed by atoms with Crippen LogP contribution in [0.15, 0.2) is 24.3 Å². The summed E-state index contributed by atoms with van der Waals surface area (Å²) in [5.74, 6) is 0. The molecule has 17 heavy (non-hydrogen) atoms. The highest BCUT2D eigenvalue weighted by Crippen LogP contribution is 2.29. The van der Waals surface area contributed by atoms with Crippen LogP contribution in [-0.2, 0) is 14.5 Å². The Bertz CT molecular complexity index is 404. The molecule has 1 fully saturated rings. The molecule has 1 aliphatic rings. The SMILES string of the molecule is CC1(C)COC(c2ccc([N+](=O)[O-])cc2)OO1. The van der Waals surface area contributed by atoms with Crippen LogP contribution in [0.1, 0.15) is 25.7 Å². The molecule has 6 nitrogen and oxygen atoms in total. The maximum absolute atomic E-state index is 10.5. The second-order valence-electron chi connectivity index (χ2n) is 4.43. The fourth-order valence-corrected chi connectivity index (χ4v) is 1.41. The van der Waals surface area contributed by atoms with Crippen LogP contribution in [0.25, 0.3) is 0 Å². The number of non-ortho nitro benzene ring substituents is 1. The van der Waals surface area contributed by atoms with Gasteiger partial charge in [0.1, 0.15) is 5.60 Å². The van der Waals surface area contributed by atoms with Crippen molar-refractivity contribution in [2.75, 3.05) is 6.61 Å². The van der Waals surface area contributed by atoms with Crippen LogP contribution >= 0.6 is 0 Å². The predicted octanol–water partition coefficient (Wildman–Crippen LogP) is 2.35. The Morgan fingerprint density at radius 2 is 2.00 bits per heavy atom. The number of nitro benzene ring substituents is 1. The highest BCUT2D eigenvalue weighted by atomic mass is 17.2. The molecule has 0 aliphatic carbocycles. The normalized spacial score (nSPS) is 23.3. The third kappa shape index (κ3) is 2.79. The minimum atomic E-state index is -0.635. The summed E-state index contributed by atoms with van der Waals surface area (Å²) in [5, 5.41) is 10.5. The smallest absolute Gasteiger partial charge is 0.269 e. The van der Waals surface area contributed by atoms with Crippen LogP contribution in [0.3, 0.4) is 0 Å². The van der Waals surface area contributed by atoms with Crippen molar-refractivity contribution in [2.24, 2.45) is 0 Å². The Morgan fingerprint density at radius 1 is 1.35 bits per heavy atom. The Hall–Kier alpha value is -1.50. The number of ether oxygens (including phenoxy) is 1. The second kappa shape index (κ2) is 4.40. The van der Waals surface area contributed by atoms with Crippen molar-refractivity contribution in [3.05, 3.63) is 39.9 Å². The maximum Gasteiger partial charge on any atom is 0.269 e. The zero-order chi connectivity index (χ0) is 12.5. The molecule has 1 atom stereocenters. The summed E-state index contributed by atoms with van der Waals surface area (Å²) in [6.07, 6.45) is -0.635. The molecule has 1 aromatic carbocycles. The molecule has 0 aromatic heterocycles. The van der Waals surface area contributed by atoms with Gasteiger partial charge in [0.05, 0.1) is 11.5 Å². The first kappa shape index (κ1) is 12.0. The Labute approximate surface area is 98.2 Å². The number of rotatable bonds is 2. The lowest BCUT2D eigenvalue weighted by Crippen LogP contribution is -2.37. The molecule has 0 amide bonds. The summed E-state index contributed by atoms with van der Waals surface area (Å²) in [4.78, 5) is 20.3. The van der Waals surface area contributed by atoms with Crippen molar-refractivity contribution in [3.8, 4) is 0 Å². The minimum absolute atomic E-state index is 0.0332. The highest BCUT2D eigenvalue weighted by molar-refractivity contribution is 5.33. The van der Waals surface area contributed by atoms with Crippen LogP contribution in [0.4, 0.5) is 5.69 Å². The summed E-state index contributed by atoms with van der Waals surface area (Å²) in [6.45, 7) is 4.09. The molecule has 92 valence electrons. The topological polar surface area (TPSA) is 70.8 Å². The summed E-state index contributed by atoms with van der Waals surface area (Å²) in [5.41, 5.74) is 0.244. The molecular weight excluding hydrogens is 226 g/mol. The maximum atomic E-state index is 10.5. The molecule has 6 heteroatoms. The third-order valence-electron chi connectivity index (χ3n) is 2.32. The van der Waals surface area contributed by atoms with E-state index in [0.717, 1.165) is 0 Å². The molecule has 0 saturated carbocycles. The molecule has 0 spiro atoms. The largest absolute Gasteiger partial charge is 0.343 e. The number of hydrogen-bond donors (Lipinski definition) is 0. The van der Waals surface area contributed by atoms with Gasteiger partial charge < -0.3 is 4.74 Å². The van der Waals surface area contributed by atoms with Crippen molar-refractivity contribution in [1.29, 1.82) is 0 Å². The van der Waals surface area contributed by atoms with Crippen molar-refractivity contribution >= 4 is 5.69 Å². The summed E-state index contributed by atoms with van der Waals surface area (Å²) >= 11 is 0. The standard InChI is InChI=1S/C11H13NO5/c1-11(2)7-15-10(16-17-11)8-3-5-9(6-4-8)12(13)14/h3-6,10H,7H2,1-2H3. The van der Waals surface area contributed by atoms with Gasteiger partial charge in [-0.3, -0.25) is 10.1 Å². The number of nitro groups is 1. The van der Waals surface area contributed by atoms with E-state index in [1.54, 1.807) is 12.1 Å². The number of benzene rings is 1. The quantitative estimate of drug-likeness (QED) is 0.450. The third-order valence-corrected chi connectivity index (χ3v) is 2.32. The Morgan fingerprint density at radius 3 is 2.47 bits per heavy atom. The Kier molecular flexibility index (Phi) is 3.10. The van der Waals surface area contributed by atoms with E-state index in [1.807, 2.05) is 13.8 Å². The van der Waals surface area contributed by atoms with Gasteiger partial charge in [-0.15, -0.1) is 0 Å². The van der Waals surface area contributed by atoms with Gasteiger partial charge in [-0.1, -0.05) is 0 Å². The van der Waals surface area contributed by atoms with E-state index in [1.165, 1.54) is 12.1 Å². The van der Waals surface area contributed by atoms with Crippen LogP contribution in [0.2, 0.25) is 0 Å². The molecule has 2 rings (SSSR count). The van der Waals surface area contributed by atoms with E-state index in [0.29, 0.717) is 12.2 Å². The van der Waals surface area contributed by atoms with Gasteiger partial charge in [-0.2, -0.15) is 4.89 Å². The first-order valence-corrected chi connectivity index (χ1v) is 5.18. The zero-order valence-corrected chi connectivity index (χ0v) is 9.58. The number of nitrogens with zero attached hydrogens (tertiary/aromatic N) is 1. The van der Waals surface area contributed by atoms with Crippen molar-refractivity contribution in [3.63, 3.8) is 0 Å². The molecule has 1 saturated heterocycles. The van der Waals surface area contributed by atoms with Crippen LogP contribution in [0, 0.1) is 10.1 Å². The van der Waals surface area contributed by atoms with Gasteiger partial charge >= 0.3 is 0 Å². The molecule has 1 unspecified atom stereocenters. The van der Waals surface area contributed by atoms with Gasteiger partial charge in [0.15, 0.2) is 0 Å². The fourth-order valence-electron chi connectivity index (χ4n) is 1.41. The predicted molar refractivity (Wildman–Crippen MR) is 58.0 cm³/mol. The average Bonchev–Trinajstić information content (AvgIpc) is 2.29. The molecule has 1 aliphatic heterocycles. The van der Waals surface area contributed by atoms with Gasteiger partial charge in [-0.05, 0) is 26.0 Å². The second-order valence-corrected chi connectivity index (χ2v) is 4.43. The first-order chi connectivity index (χ1) is 7.98. The molecule has 0 bridgehead atoms. The van der Waals surface area contributed by atoms with Gasteiger partial charge in [0.2, 0.25) is 6.29 Å². The van der Waals surface area contributed by atoms with Crippen molar-refractivity contribution < 1.29 is 19.4 Å². The Balaban J connectivity index is 2.06. The summed E-state index contributed by atoms with van der Waals surface area (Å²) in [6, 6.07) is 5.98. The van der Waals surface area contributed by atoms with Crippen molar-refractivity contribution in [2.45, 2.75) is 25.7 Å². The van der Waals surface area contributed by atoms with Crippen LogP contribution in [-0.4, -0.2) is 17.1 Å². The highest BCUT2D eigenvalue weighted by Gasteiger charge is 2.31. The van der Waals surface area contributed by atoms with Gasteiger partial charge in [-0.25, -0.2) is 4.89 Å². The molecule has 1 aromatic rings. The number of hydrogen-bond acceptors (Lipinski definition) is 5. The lowest BCUT2D eigenvalue weighted by atomic mass is 10.1. The van der Waals surface area contributed by atoms with E-state index in [-0.39, 0.29) is 5.69 Å². The monoisotopic (exact) mass is 239 g/mol. The van der Waals surface area contributed by atoms with Crippen LogP contribution < -0.4 is 0 Å². The molecule has 0 N–H and O–H groups in total. The molecule has 1 heterocycles.